The Balaban J connectivity index is 2.36. The van der Waals surface area contributed by atoms with E-state index in [-0.39, 0.29) is 6.61 Å². The fourth-order valence-corrected chi connectivity index (χ4v) is 2.67. The molecule has 0 aromatic heterocycles. The molecular weight excluding hydrogens is 270 g/mol. The summed E-state index contributed by atoms with van der Waals surface area (Å²) in [6.45, 7) is 2.16. The fraction of sp³-hybridized carbons (Fsp3) is 0.500. The van der Waals surface area contributed by atoms with E-state index in [0.717, 1.165) is 29.6 Å². The number of aliphatic hydroxyl groups is 1. The molecule has 1 heterocycles. The average Bonchev–Trinajstić information content (AvgIpc) is 2.56. The second-order valence-corrected chi connectivity index (χ2v) is 4.91. The largest absolute Gasteiger partial charge is 0.394 e. The number of benzene rings is 1. The van der Waals surface area contributed by atoms with Gasteiger partial charge in [0.05, 0.1) is 18.8 Å². The summed E-state index contributed by atoms with van der Waals surface area (Å²) in [6, 6.07) is 7.95. The van der Waals surface area contributed by atoms with E-state index in [1.807, 2.05) is 24.3 Å². The van der Waals surface area contributed by atoms with Gasteiger partial charge in [-0.1, -0.05) is 34.1 Å². The molecule has 1 atom stereocenters. The zero-order valence-electron chi connectivity index (χ0n) is 9.08. The van der Waals surface area contributed by atoms with E-state index in [9.17, 15) is 5.11 Å². The number of hydrogen-bond donors (Lipinski definition) is 2. The van der Waals surface area contributed by atoms with E-state index in [2.05, 4.69) is 21.2 Å². The minimum atomic E-state index is -0.476. The lowest BCUT2D eigenvalue weighted by Crippen LogP contribution is -2.48. The van der Waals surface area contributed by atoms with Crippen molar-refractivity contribution in [2.45, 2.75) is 12.0 Å². The van der Waals surface area contributed by atoms with E-state index >= 15 is 0 Å². The van der Waals surface area contributed by atoms with E-state index in [0.29, 0.717) is 6.61 Å². The molecule has 88 valence electrons. The van der Waals surface area contributed by atoms with Gasteiger partial charge in [-0.05, 0) is 24.6 Å². The lowest BCUT2D eigenvalue weighted by Gasteiger charge is -2.32. The lowest BCUT2D eigenvalue weighted by atomic mass is 9.91. The SMILES string of the molecule is OCC1(c2ccccc2Br)COCCCN1. The number of halogens is 1. The Morgan fingerprint density at radius 2 is 2.25 bits per heavy atom. The summed E-state index contributed by atoms with van der Waals surface area (Å²) in [4.78, 5) is 0. The normalized spacial score (nSPS) is 26.4. The predicted octanol–water partition coefficient (Wildman–Crippen LogP) is 1.65. The van der Waals surface area contributed by atoms with Crippen molar-refractivity contribution in [3.8, 4) is 0 Å². The van der Waals surface area contributed by atoms with Crippen LogP contribution in [0.15, 0.2) is 28.7 Å². The Kier molecular flexibility index (Phi) is 3.97. The van der Waals surface area contributed by atoms with Crippen LogP contribution in [0.1, 0.15) is 12.0 Å². The van der Waals surface area contributed by atoms with Crippen LogP contribution in [-0.4, -0.2) is 31.5 Å². The predicted molar refractivity (Wildman–Crippen MR) is 66.3 cm³/mol. The zero-order valence-corrected chi connectivity index (χ0v) is 10.7. The minimum absolute atomic E-state index is 0.0373. The molecule has 0 saturated carbocycles. The molecular formula is C12H16BrNO2. The van der Waals surface area contributed by atoms with Gasteiger partial charge in [-0.15, -0.1) is 0 Å². The molecule has 0 spiro atoms. The Morgan fingerprint density at radius 1 is 1.44 bits per heavy atom. The fourth-order valence-electron chi connectivity index (χ4n) is 2.01. The highest BCUT2D eigenvalue weighted by molar-refractivity contribution is 9.10. The quantitative estimate of drug-likeness (QED) is 0.868. The molecule has 16 heavy (non-hydrogen) atoms. The van der Waals surface area contributed by atoms with Crippen molar-refractivity contribution >= 4 is 15.9 Å². The number of aliphatic hydroxyl groups excluding tert-OH is 1. The van der Waals surface area contributed by atoms with Crippen LogP contribution >= 0.6 is 15.9 Å². The number of ether oxygens (including phenoxy) is 1. The molecule has 1 aromatic rings. The molecule has 1 unspecified atom stereocenters. The molecule has 0 amide bonds. The van der Waals surface area contributed by atoms with Gasteiger partial charge in [0.15, 0.2) is 0 Å². The summed E-state index contributed by atoms with van der Waals surface area (Å²) in [7, 11) is 0. The number of nitrogens with one attached hydrogen (secondary N) is 1. The van der Waals surface area contributed by atoms with Crippen molar-refractivity contribution in [2.75, 3.05) is 26.4 Å². The van der Waals surface area contributed by atoms with Crippen LogP contribution in [-0.2, 0) is 10.3 Å². The molecule has 3 nitrogen and oxygen atoms in total. The monoisotopic (exact) mass is 285 g/mol. The van der Waals surface area contributed by atoms with Crippen LogP contribution in [0.2, 0.25) is 0 Å². The van der Waals surface area contributed by atoms with E-state index in [1.54, 1.807) is 0 Å². The molecule has 2 N–H and O–H groups in total. The van der Waals surface area contributed by atoms with E-state index in [1.165, 1.54) is 0 Å². The highest BCUT2D eigenvalue weighted by atomic mass is 79.9. The van der Waals surface area contributed by atoms with Crippen LogP contribution in [0, 0.1) is 0 Å². The van der Waals surface area contributed by atoms with Gasteiger partial charge in [0.1, 0.15) is 0 Å². The van der Waals surface area contributed by atoms with E-state index < -0.39 is 5.54 Å². The molecule has 1 aromatic carbocycles. The van der Waals surface area contributed by atoms with Gasteiger partial charge in [0.2, 0.25) is 0 Å². The third-order valence-corrected chi connectivity index (χ3v) is 3.63. The maximum atomic E-state index is 9.68. The number of rotatable bonds is 2. The second-order valence-electron chi connectivity index (χ2n) is 4.05. The van der Waals surface area contributed by atoms with Crippen molar-refractivity contribution in [1.82, 2.24) is 5.32 Å². The van der Waals surface area contributed by atoms with Gasteiger partial charge in [-0.3, -0.25) is 0 Å². The van der Waals surface area contributed by atoms with Gasteiger partial charge in [0.25, 0.3) is 0 Å². The van der Waals surface area contributed by atoms with Crippen molar-refractivity contribution in [3.63, 3.8) is 0 Å². The Morgan fingerprint density at radius 3 is 3.00 bits per heavy atom. The number of hydrogen-bond acceptors (Lipinski definition) is 3. The topological polar surface area (TPSA) is 41.5 Å². The Hall–Kier alpha value is -0.420. The smallest absolute Gasteiger partial charge is 0.0916 e. The van der Waals surface area contributed by atoms with Gasteiger partial charge < -0.3 is 15.2 Å². The molecule has 0 radical (unpaired) electrons. The van der Waals surface area contributed by atoms with Crippen molar-refractivity contribution < 1.29 is 9.84 Å². The maximum absolute atomic E-state index is 9.68. The highest BCUT2D eigenvalue weighted by Crippen LogP contribution is 2.29. The first-order chi connectivity index (χ1) is 7.78. The summed E-state index contributed by atoms with van der Waals surface area (Å²) in [6.07, 6.45) is 0.978. The van der Waals surface area contributed by atoms with E-state index in [4.69, 9.17) is 4.74 Å². The molecule has 0 aliphatic carbocycles. The van der Waals surface area contributed by atoms with Crippen LogP contribution < -0.4 is 5.32 Å². The molecule has 1 aliphatic rings. The molecule has 4 heteroatoms. The van der Waals surface area contributed by atoms with Crippen molar-refractivity contribution in [2.24, 2.45) is 0 Å². The van der Waals surface area contributed by atoms with Crippen LogP contribution in [0.3, 0.4) is 0 Å². The van der Waals surface area contributed by atoms with Crippen LogP contribution in [0.5, 0.6) is 0 Å². The van der Waals surface area contributed by atoms with Crippen LogP contribution in [0.25, 0.3) is 0 Å². The zero-order chi connectivity index (χ0) is 11.4. The first-order valence-corrected chi connectivity index (χ1v) is 6.26. The molecule has 0 bridgehead atoms. The Bertz CT molecular complexity index is 349. The summed E-state index contributed by atoms with van der Waals surface area (Å²) < 4.78 is 6.57. The maximum Gasteiger partial charge on any atom is 0.0916 e. The van der Waals surface area contributed by atoms with Gasteiger partial charge in [-0.2, -0.15) is 0 Å². The van der Waals surface area contributed by atoms with Crippen LogP contribution in [0.4, 0.5) is 0 Å². The van der Waals surface area contributed by atoms with Gasteiger partial charge >= 0.3 is 0 Å². The standard InChI is InChI=1S/C12H16BrNO2/c13-11-5-2-1-4-10(11)12(8-15)9-16-7-3-6-14-12/h1-2,4-5,14-15H,3,6-9H2. The van der Waals surface area contributed by atoms with Crippen molar-refractivity contribution in [1.29, 1.82) is 0 Å². The van der Waals surface area contributed by atoms with Gasteiger partial charge in [-0.25, -0.2) is 0 Å². The summed E-state index contributed by atoms with van der Waals surface area (Å²) in [5.41, 5.74) is 0.579. The first kappa shape index (κ1) is 12.0. The first-order valence-electron chi connectivity index (χ1n) is 5.47. The minimum Gasteiger partial charge on any atom is -0.394 e. The lowest BCUT2D eigenvalue weighted by molar-refractivity contribution is 0.0548. The summed E-state index contributed by atoms with van der Waals surface area (Å²) in [5.74, 6) is 0. The highest BCUT2D eigenvalue weighted by Gasteiger charge is 2.34. The second kappa shape index (κ2) is 5.27. The molecule has 1 fully saturated rings. The van der Waals surface area contributed by atoms with Crippen molar-refractivity contribution in [3.05, 3.63) is 34.3 Å². The summed E-state index contributed by atoms with van der Waals surface area (Å²) >= 11 is 3.53. The molecule has 2 rings (SSSR count). The summed E-state index contributed by atoms with van der Waals surface area (Å²) in [5, 5.41) is 13.1. The average molecular weight is 286 g/mol. The third-order valence-electron chi connectivity index (χ3n) is 2.94. The third kappa shape index (κ3) is 2.30. The Labute approximate surface area is 104 Å². The molecule has 1 saturated heterocycles. The molecule has 1 aliphatic heterocycles. The van der Waals surface area contributed by atoms with Gasteiger partial charge in [0, 0.05) is 11.1 Å².